The number of benzene rings is 1. The van der Waals surface area contributed by atoms with Crippen LogP contribution >= 0.6 is 11.8 Å². The normalized spacial score (nSPS) is 10.8. The number of aromatic nitrogens is 2. The molecule has 1 aromatic carbocycles. The fourth-order valence-electron chi connectivity index (χ4n) is 1.26. The predicted molar refractivity (Wildman–Crippen MR) is 72.0 cm³/mol. The first-order chi connectivity index (χ1) is 9.20. The second-order valence-electron chi connectivity index (χ2n) is 3.47. The number of nitrogen functional groups attached to an aromatic ring is 1. The first-order valence-corrected chi connectivity index (χ1v) is 6.48. The molecule has 2 aromatic rings. The van der Waals surface area contributed by atoms with Crippen LogP contribution in [0.25, 0.3) is 0 Å². The Balaban J connectivity index is 1.96. The highest BCUT2D eigenvalue weighted by molar-refractivity contribution is 7.98. The summed E-state index contributed by atoms with van der Waals surface area (Å²) in [6.45, 7) is 0. The second-order valence-corrected chi connectivity index (χ2v) is 4.35. The van der Waals surface area contributed by atoms with E-state index in [0.717, 1.165) is 10.5 Å². The van der Waals surface area contributed by atoms with Crippen molar-refractivity contribution in [3.05, 3.63) is 35.5 Å². The summed E-state index contributed by atoms with van der Waals surface area (Å²) in [6.07, 6.45) is 3.52. The molecule has 2 rings (SSSR count). The van der Waals surface area contributed by atoms with E-state index in [1.807, 2.05) is 30.5 Å². The van der Waals surface area contributed by atoms with Crippen LogP contribution in [0.1, 0.15) is 16.1 Å². The molecule has 0 saturated carbocycles. The average Bonchev–Trinajstić information content (AvgIpc) is 2.86. The number of carbonyl (C=O) groups is 1. The number of hydrazone groups is 1. The van der Waals surface area contributed by atoms with Gasteiger partial charge in [0.2, 0.25) is 11.5 Å². The highest BCUT2D eigenvalue weighted by Gasteiger charge is 2.14. The third-order valence-electron chi connectivity index (χ3n) is 2.22. The lowest BCUT2D eigenvalue weighted by Gasteiger charge is -1.97. The quantitative estimate of drug-likeness (QED) is 0.493. The minimum atomic E-state index is -0.573. The topological polar surface area (TPSA) is 106 Å². The lowest BCUT2D eigenvalue weighted by Crippen LogP contribution is -2.19. The standard InChI is InChI=1S/C11H11N5O2S/c1-19-8-4-2-7(3-5-8)6-13-14-11(17)9-10(12)16-18-15-9/h2-6H,1H3,(H2,12,16)(H,14,17)/b13-6+. The molecule has 1 amide bonds. The summed E-state index contributed by atoms with van der Waals surface area (Å²) >= 11 is 1.65. The van der Waals surface area contributed by atoms with Gasteiger partial charge in [-0.3, -0.25) is 4.79 Å². The first-order valence-electron chi connectivity index (χ1n) is 5.26. The van der Waals surface area contributed by atoms with E-state index in [-0.39, 0.29) is 11.5 Å². The van der Waals surface area contributed by atoms with Crippen LogP contribution in [0.2, 0.25) is 0 Å². The monoisotopic (exact) mass is 277 g/mol. The number of rotatable bonds is 4. The van der Waals surface area contributed by atoms with Crippen LogP contribution < -0.4 is 11.2 Å². The maximum absolute atomic E-state index is 11.5. The molecule has 0 aliphatic carbocycles. The Morgan fingerprint density at radius 3 is 2.74 bits per heavy atom. The molecule has 1 aromatic heterocycles. The van der Waals surface area contributed by atoms with Gasteiger partial charge in [0.1, 0.15) is 0 Å². The van der Waals surface area contributed by atoms with Crippen LogP contribution in [0.5, 0.6) is 0 Å². The Hall–Kier alpha value is -2.35. The fourth-order valence-corrected chi connectivity index (χ4v) is 1.67. The molecule has 0 spiro atoms. The summed E-state index contributed by atoms with van der Waals surface area (Å²) in [4.78, 5) is 12.7. The molecule has 19 heavy (non-hydrogen) atoms. The number of thioether (sulfide) groups is 1. The van der Waals surface area contributed by atoms with Crippen molar-refractivity contribution in [1.82, 2.24) is 15.7 Å². The average molecular weight is 277 g/mol. The fraction of sp³-hybridized carbons (Fsp3) is 0.0909. The minimum absolute atomic E-state index is 0.0722. The van der Waals surface area contributed by atoms with Gasteiger partial charge in [-0.1, -0.05) is 12.1 Å². The number of hydrogen-bond donors (Lipinski definition) is 2. The van der Waals surface area contributed by atoms with Crippen LogP contribution in [-0.4, -0.2) is 28.7 Å². The zero-order valence-electron chi connectivity index (χ0n) is 10.0. The molecular formula is C11H11N5O2S. The van der Waals surface area contributed by atoms with Gasteiger partial charge in [0.05, 0.1) is 6.21 Å². The molecule has 0 unspecified atom stereocenters. The molecule has 0 aliphatic heterocycles. The maximum atomic E-state index is 11.5. The molecule has 7 nitrogen and oxygen atoms in total. The zero-order valence-corrected chi connectivity index (χ0v) is 10.8. The Labute approximate surface area is 113 Å². The van der Waals surface area contributed by atoms with E-state index in [9.17, 15) is 4.79 Å². The van der Waals surface area contributed by atoms with Gasteiger partial charge in [-0.05, 0) is 34.3 Å². The molecule has 0 fully saturated rings. The molecule has 3 N–H and O–H groups in total. The van der Waals surface area contributed by atoms with E-state index in [1.165, 1.54) is 6.21 Å². The third-order valence-corrected chi connectivity index (χ3v) is 2.97. The van der Waals surface area contributed by atoms with Crippen molar-refractivity contribution in [1.29, 1.82) is 0 Å². The number of nitrogens with one attached hydrogen (secondary N) is 1. The zero-order chi connectivity index (χ0) is 13.7. The number of amides is 1. The van der Waals surface area contributed by atoms with Gasteiger partial charge < -0.3 is 5.73 Å². The van der Waals surface area contributed by atoms with Gasteiger partial charge in [0, 0.05) is 4.90 Å². The van der Waals surface area contributed by atoms with Crippen molar-refractivity contribution in [2.75, 3.05) is 12.0 Å². The molecule has 98 valence electrons. The summed E-state index contributed by atoms with van der Waals surface area (Å²) in [5.74, 6) is -0.646. The Morgan fingerprint density at radius 1 is 1.42 bits per heavy atom. The summed E-state index contributed by atoms with van der Waals surface area (Å²) in [7, 11) is 0. The lowest BCUT2D eigenvalue weighted by molar-refractivity contribution is 0.0946. The summed E-state index contributed by atoms with van der Waals surface area (Å²) in [6, 6.07) is 7.72. The number of nitrogens with two attached hydrogens (primary N) is 1. The van der Waals surface area contributed by atoms with Crippen LogP contribution in [0.3, 0.4) is 0 Å². The lowest BCUT2D eigenvalue weighted by atomic mass is 10.2. The van der Waals surface area contributed by atoms with Crippen LogP contribution in [0, 0.1) is 0 Å². The molecule has 0 saturated heterocycles. The first kappa shape index (κ1) is 13.1. The molecule has 0 radical (unpaired) electrons. The molecule has 0 aliphatic rings. The third kappa shape index (κ3) is 3.32. The number of nitrogens with zero attached hydrogens (tertiary/aromatic N) is 3. The highest BCUT2D eigenvalue weighted by Crippen LogP contribution is 2.13. The van der Waals surface area contributed by atoms with Gasteiger partial charge in [-0.15, -0.1) is 11.8 Å². The van der Waals surface area contributed by atoms with Gasteiger partial charge in [-0.2, -0.15) is 5.10 Å². The van der Waals surface area contributed by atoms with Gasteiger partial charge in [0.15, 0.2) is 0 Å². The smallest absolute Gasteiger partial charge is 0.297 e. The van der Waals surface area contributed by atoms with Crippen molar-refractivity contribution < 1.29 is 9.42 Å². The summed E-state index contributed by atoms with van der Waals surface area (Å²) in [5.41, 5.74) is 8.44. The SMILES string of the molecule is CSc1ccc(/C=N/NC(=O)c2nonc2N)cc1. The second kappa shape index (κ2) is 6.01. The van der Waals surface area contributed by atoms with E-state index in [4.69, 9.17) is 5.73 Å². The van der Waals surface area contributed by atoms with Gasteiger partial charge in [0.25, 0.3) is 5.91 Å². The van der Waals surface area contributed by atoms with Crippen molar-refractivity contribution in [2.45, 2.75) is 4.90 Å². The van der Waals surface area contributed by atoms with Gasteiger partial charge >= 0.3 is 0 Å². The molecule has 0 atom stereocenters. The minimum Gasteiger partial charge on any atom is -0.379 e. The largest absolute Gasteiger partial charge is 0.379 e. The van der Waals surface area contributed by atoms with Crippen molar-refractivity contribution in [2.24, 2.45) is 5.10 Å². The van der Waals surface area contributed by atoms with E-state index in [0.29, 0.717) is 0 Å². The van der Waals surface area contributed by atoms with Gasteiger partial charge in [-0.25, -0.2) is 10.1 Å². The Morgan fingerprint density at radius 2 is 2.16 bits per heavy atom. The van der Waals surface area contributed by atoms with E-state index >= 15 is 0 Å². The van der Waals surface area contributed by atoms with E-state index in [2.05, 4.69) is 25.5 Å². The number of carbonyl (C=O) groups excluding carboxylic acids is 1. The maximum Gasteiger partial charge on any atom is 0.297 e. The van der Waals surface area contributed by atoms with Crippen LogP contribution in [-0.2, 0) is 0 Å². The molecule has 1 heterocycles. The summed E-state index contributed by atoms with van der Waals surface area (Å²) < 4.78 is 4.32. The van der Waals surface area contributed by atoms with Crippen molar-refractivity contribution in [3.63, 3.8) is 0 Å². The van der Waals surface area contributed by atoms with E-state index in [1.54, 1.807) is 11.8 Å². The molecule has 0 bridgehead atoms. The van der Waals surface area contributed by atoms with Crippen molar-refractivity contribution >= 4 is 29.7 Å². The Kier molecular flexibility index (Phi) is 4.14. The van der Waals surface area contributed by atoms with E-state index < -0.39 is 5.91 Å². The number of anilines is 1. The van der Waals surface area contributed by atoms with Crippen LogP contribution in [0.15, 0.2) is 38.9 Å². The molecule has 8 heteroatoms. The highest BCUT2D eigenvalue weighted by atomic mass is 32.2. The summed E-state index contributed by atoms with van der Waals surface area (Å²) in [5, 5.41) is 10.5. The molecular weight excluding hydrogens is 266 g/mol. The van der Waals surface area contributed by atoms with Crippen molar-refractivity contribution in [3.8, 4) is 0 Å². The number of hydrogen-bond acceptors (Lipinski definition) is 7. The Bertz CT molecular complexity index is 593. The van der Waals surface area contributed by atoms with Crippen LogP contribution in [0.4, 0.5) is 5.82 Å². The predicted octanol–water partition coefficient (Wildman–Crippen LogP) is 1.14.